The number of ketones is 1. The van der Waals surface area contributed by atoms with Crippen LogP contribution in [-0.2, 0) is 22.4 Å². The molecule has 2 N–H and O–H groups in total. The molecule has 1 aromatic carbocycles. The molecule has 0 aromatic heterocycles. The van der Waals surface area contributed by atoms with Gasteiger partial charge in [-0.05, 0) is 63.6 Å². The van der Waals surface area contributed by atoms with Gasteiger partial charge in [0.15, 0.2) is 5.78 Å². The Morgan fingerprint density at radius 1 is 1.12 bits per heavy atom. The van der Waals surface area contributed by atoms with Crippen molar-refractivity contribution in [2.45, 2.75) is 44.3 Å². The van der Waals surface area contributed by atoms with Crippen LogP contribution >= 0.6 is 0 Å². The number of carbonyl (C=O) groups is 3. The number of alkyl halides is 3. The highest BCUT2D eigenvalue weighted by molar-refractivity contribution is 5.98. The largest absolute Gasteiger partial charge is 0.490 e. The summed E-state index contributed by atoms with van der Waals surface area (Å²) in [6.07, 6.45) is -1.46. The molecule has 1 unspecified atom stereocenters. The van der Waals surface area contributed by atoms with E-state index in [2.05, 4.69) is 30.4 Å². The first-order valence-electron chi connectivity index (χ1n) is 10.6. The van der Waals surface area contributed by atoms with E-state index >= 15 is 0 Å². The summed E-state index contributed by atoms with van der Waals surface area (Å²) in [5, 5.41) is 10.5. The number of amides is 1. The Kier molecular flexibility index (Phi) is 9.21. The molecular formula is C22H30F3N3O4. The van der Waals surface area contributed by atoms with E-state index < -0.39 is 12.1 Å². The zero-order chi connectivity index (χ0) is 23.9. The van der Waals surface area contributed by atoms with Gasteiger partial charge in [-0.15, -0.1) is 0 Å². The van der Waals surface area contributed by atoms with Crippen molar-refractivity contribution in [3.63, 3.8) is 0 Å². The van der Waals surface area contributed by atoms with Gasteiger partial charge in [0.1, 0.15) is 0 Å². The van der Waals surface area contributed by atoms with Crippen LogP contribution in [0.3, 0.4) is 0 Å². The highest BCUT2D eigenvalue weighted by Crippen LogP contribution is 2.19. The first-order valence-corrected chi connectivity index (χ1v) is 10.6. The third-order valence-electron chi connectivity index (χ3n) is 5.73. The first kappa shape index (κ1) is 25.8. The minimum absolute atomic E-state index is 0.0803. The summed E-state index contributed by atoms with van der Waals surface area (Å²) >= 11 is 0. The molecule has 0 bridgehead atoms. The number of aliphatic carboxylic acids is 1. The molecule has 32 heavy (non-hydrogen) atoms. The smallest absolute Gasteiger partial charge is 0.475 e. The number of hydrogen-bond acceptors (Lipinski definition) is 5. The summed E-state index contributed by atoms with van der Waals surface area (Å²) in [6.45, 7) is 3.55. The molecule has 2 aliphatic rings. The van der Waals surface area contributed by atoms with Crippen molar-refractivity contribution in [3.05, 3.63) is 34.9 Å². The standard InChI is InChI=1S/C20H29N3O2.C2HF3O2/c1-22(2)18-9-12-23(14-18)20(25)6-5-19(24)17-4-3-15-7-10-21-11-8-16(15)13-17;3-2(4,5)1(6)7/h3-4,13,18,21H,5-12,14H2,1-2H3;(H,6,7). The number of carboxylic acid groups (broad SMARTS) is 1. The Labute approximate surface area is 185 Å². The number of nitrogens with one attached hydrogen (secondary N) is 1. The molecule has 2 heterocycles. The number of rotatable bonds is 5. The number of likely N-dealkylation sites (N-methyl/N-ethyl adjacent to an activating group) is 1. The van der Waals surface area contributed by atoms with Crippen LogP contribution in [0.2, 0.25) is 0 Å². The molecule has 1 saturated heterocycles. The SMILES string of the molecule is CN(C)C1CCN(C(=O)CCC(=O)c2ccc3c(c2)CCNCC3)C1.O=C(O)C(F)(F)F. The summed E-state index contributed by atoms with van der Waals surface area (Å²) in [5.41, 5.74) is 3.36. The van der Waals surface area contributed by atoms with Crippen LogP contribution in [0.15, 0.2) is 18.2 Å². The molecule has 0 aliphatic carbocycles. The Hall–Kier alpha value is -2.46. The lowest BCUT2D eigenvalue weighted by molar-refractivity contribution is -0.192. The molecule has 178 valence electrons. The van der Waals surface area contributed by atoms with Gasteiger partial charge in [-0.1, -0.05) is 12.1 Å². The fourth-order valence-electron chi connectivity index (χ4n) is 3.76. The molecule has 1 aromatic rings. The monoisotopic (exact) mass is 457 g/mol. The van der Waals surface area contributed by atoms with Gasteiger partial charge in [-0.25, -0.2) is 4.79 Å². The maximum absolute atomic E-state index is 12.5. The van der Waals surface area contributed by atoms with Gasteiger partial charge in [0.05, 0.1) is 0 Å². The van der Waals surface area contributed by atoms with Crippen molar-refractivity contribution in [2.75, 3.05) is 40.3 Å². The molecule has 1 fully saturated rings. The van der Waals surface area contributed by atoms with Crippen LogP contribution in [-0.4, -0.2) is 85.1 Å². The fraction of sp³-hybridized carbons (Fsp3) is 0.591. The Balaban J connectivity index is 0.000000451. The summed E-state index contributed by atoms with van der Waals surface area (Å²) in [4.78, 5) is 37.9. The predicted octanol–water partition coefficient (Wildman–Crippen LogP) is 2.13. The maximum Gasteiger partial charge on any atom is 0.490 e. The zero-order valence-electron chi connectivity index (χ0n) is 18.4. The van der Waals surface area contributed by atoms with Crippen LogP contribution in [0, 0.1) is 0 Å². The minimum Gasteiger partial charge on any atom is -0.475 e. The Bertz CT molecular complexity index is 827. The zero-order valence-corrected chi connectivity index (χ0v) is 18.4. The van der Waals surface area contributed by atoms with Crippen LogP contribution in [0.4, 0.5) is 13.2 Å². The average Bonchev–Trinajstić information content (AvgIpc) is 3.11. The third-order valence-corrected chi connectivity index (χ3v) is 5.73. The number of halogens is 3. The highest BCUT2D eigenvalue weighted by Gasteiger charge is 2.38. The van der Waals surface area contributed by atoms with Crippen LogP contribution < -0.4 is 5.32 Å². The lowest BCUT2D eigenvalue weighted by Gasteiger charge is -2.20. The van der Waals surface area contributed by atoms with Crippen LogP contribution in [0.25, 0.3) is 0 Å². The number of carbonyl (C=O) groups excluding carboxylic acids is 2. The number of nitrogens with zero attached hydrogens (tertiary/aromatic N) is 2. The van der Waals surface area contributed by atoms with Gasteiger partial charge in [0, 0.05) is 37.5 Å². The van der Waals surface area contributed by atoms with Crippen molar-refractivity contribution >= 4 is 17.7 Å². The maximum atomic E-state index is 12.5. The van der Waals surface area contributed by atoms with Gasteiger partial charge in [0.2, 0.25) is 5.91 Å². The second kappa shape index (κ2) is 11.4. The molecule has 1 amide bonds. The summed E-state index contributed by atoms with van der Waals surface area (Å²) in [5.74, 6) is -2.57. The summed E-state index contributed by atoms with van der Waals surface area (Å²) in [6, 6.07) is 6.49. The van der Waals surface area contributed by atoms with Gasteiger partial charge in [-0.2, -0.15) is 13.2 Å². The lowest BCUT2D eigenvalue weighted by Crippen LogP contribution is -2.34. The number of fused-ring (bicyclic) bond motifs is 1. The van der Waals surface area contributed by atoms with Gasteiger partial charge in [0.25, 0.3) is 0 Å². The van der Waals surface area contributed by atoms with E-state index in [1.807, 2.05) is 17.0 Å². The van der Waals surface area contributed by atoms with E-state index in [0.29, 0.717) is 18.9 Å². The molecule has 0 saturated carbocycles. The minimum atomic E-state index is -5.08. The van der Waals surface area contributed by atoms with Crippen LogP contribution in [0.1, 0.15) is 40.7 Å². The topological polar surface area (TPSA) is 90.0 Å². The fourth-order valence-corrected chi connectivity index (χ4v) is 3.76. The Morgan fingerprint density at radius 2 is 1.75 bits per heavy atom. The second-order valence-electron chi connectivity index (χ2n) is 8.21. The van der Waals surface area contributed by atoms with Gasteiger partial charge < -0.3 is 20.2 Å². The quantitative estimate of drug-likeness (QED) is 0.659. The highest BCUT2D eigenvalue weighted by atomic mass is 19.4. The number of benzene rings is 1. The Morgan fingerprint density at radius 3 is 2.31 bits per heavy atom. The van der Waals surface area contributed by atoms with Crippen molar-refractivity contribution < 1.29 is 32.7 Å². The predicted molar refractivity (Wildman–Crippen MR) is 113 cm³/mol. The molecule has 7 nitrogen and oxygen atoms in total. The van der Waals surface area contributed by atoms with Crippen molar-refractivity contribution in [1.82, 2.24) is 15.1 Å². The molecule has 3 rings (SSSR count). The average molecular weight is 457 g/mol. The van der Waals surface area contributed by atoms with Crippen LogP contribution in [0.5, 0.6) is 0 Å². The number of Topliss-reactive ketones (excluding diaryl/α,β-unsaturated/α-hetero) is 1. The van der Waals surface area contributed by atoms with E-state index in [4.69, 9.17) is 9.90 Å². The lowest BCUT2D eigenvalue weighted by atomic mass is 9.97. The molecule has 10 heteroatoms. The van der Waals surface area contributed by atoms with E-state index in [1.165, 1.54) is 11.1 Å². The van der Waals surface area contributed by atoms with Crippen molar-refractivity contribution in [1.29, 1.82) is 0 Å². The second-order valence-corrected chi connectivity index (χ2v) is 8.21. The molecule has 0 radical (unpaired) electrons. The molecule has 0 spiro atoms. The van der Waals surface area contributed by atoms with Gasteiger partial charge in [-0.3, -0.25) is 9.59 Å². The van der Waals surface area contributed by atoms with Gasteiger partial charge >= 0.3 is 12.1 Å². The molecule has 1 atom stereocenters. The van der Waals surface area contributed by atoms with Crippen molar-refractivity contribution in [2.24, 2.45) is 0 Å². The summed E-state index contributed by atoms with van der Waals surface area (Å²) in [7, 11) is 4.10. The number of hydrogen-bond donors (Lipinski definition) is 2. The molecule has 2 aliphatic heterocycles. The van der Waals surface area contributed by atoms with E-state index in [-0.39, 0.29) is 11.7 Å². The van der Waals surface area contributed by atoms with E-state index in [1.54, 1.807) is 0 Å². The molecular weight excluding hydrogens is 427 g/mol. The number of likely N-dealkylation sites (tertiary alicyclic amines) is 1. The van der Waals surface area contributed by atoms with Crippen molar-refractivity contribution in [3.8, 4) is 0 Å². The summed E-state index contributed by atoms with van der Waals surface area (Å²) < 4.78 is 31.7. The third kappa shape index (κ3) is 7.59. The normalized spacial score (nSPS) is 18.4. The van der Waals surface area contributed by atoms with E-state index in [9.17, 15) is 22.8 Å². The number of carboxylic acids is 1. The first-order chi connectivity index (χ1) is 15.0. The van der Waals surface area contributed by atoms with E-state index in [0.717, 1.165) is 51.0 Å².